The normalized spacial score (nSPS) is 11.8. The third-order valence-electron chi connectivity index (χ3n) is 32.5. The molecule has 24 bridgehead atoms. The predicted octanol–water partition coefficient (Wildman–Crippen LogP) is 46.1. The highest BCUT2D eigenvalue weighted by Gasteiger charge is 2.20. The van der Waals surface area contributed by atoms with Crippen LogP contribution in [0.3, 0.4) is 0 Å². The highest BCUT2D eigenvalue weighted by atomic mass is 14.2. The highest BCUT2D eigenvalue weighted by molar-refractivity contribution is 6.06. The van der Waals surface area contributed by atoms with Crippen molar-refractivity contribution in [3.63, 3.8) is 0 Å². The summed E-state index contributed by atoms with van der Waals surface area (Å²) in [6.07, 6.45) is 72.1. The maximum absolute atomic E-state index is 2.74. The van der Waals surface area contributed by atoms with Crippen LogP contribution >= 0.6 is 0 Å². The van der Waals surface area contributed by atoms with Crippen molar-refractivity contribution in [3.05, 3.63) is 285 Å². The fourth-order valence-electron chi connectivity index (χ4n) is 23.9. The van der Waals surface area contributed by atoms with E-state index in [0.717, 1.165) is 77.0 Å². The Morgan fingerprint density at radius 2 is 0.181 bits per heavy atom. The van der Waals surface area contributed by atoms with Crippen LogP contribution in [-0.4, -0.2) is 0 Å². The average molecular weight is 1920 g/mol. The maximum Gasteiger partial charge on any atom is -0.0149 e. The average Bonchev–Trinajstić information content (AvgIpc) is 0.769. The number of unbranched alkanes of at least 4 members (excludes halogenated alkanes) is 36. The van der Waals surface area contributed by atoms with Gasteiger partial charge in [-0.25, -0.2) is 0 Å². The van der Waals surface area contributed by atoms with Crippen LogP contribution in [0.1, 0.15) is 458 Å². The minimum Gasteiger partial charge on any atom is -0.0654 e. The molecule has 0 heterocycles. The van der Waals surface area contributed by atoms with Crippen LogP contribution in [0, 0.1) is 0 Å². The first-order chi connectivity index (χ1) is 71.0. The van der Waals surface area contributed by atoms with Crippen LogP contribution in [0.2, 0.25) is 0 Å². The molecule has 0 aliphatic carbocycles. The van der Waals surface area contributed by atoms with E-state index in [1.807, 2.05) is 0 Å². The molecule has 28 aromatic rings. The van der Waals surface area contributed by atoms with Crippen molar-refractivity contribution in [2.24, 2.45) is 0 Å². The second-order valence-corrected chi connectivity index (χ2v) is 44.2. The Morgan fingerprint density at radius 1 is 0.0972 bits per heavy atom. The zero-order valence-electron chi connectivity index (χ0n) is 93.2. The molecule has 0 unspecified atom stereocenters. The first-order valence-electron chi connectivity index (χ1n) is 60.6. The van der Waals surface area contributed by atoms with E-state index >= 15 is 0 Å². The molecule has 0 saturated carbocycles. The van der Waals surface area contributed by atoms with Crippen molar-refractivity contribution in [2.45, 2.75) is 468 Å². The van der Waals surface area contributed by atoms with Crippen molar-refractivity contribution >= 4 is 129 Å². The predicted molar refractivity (Wildman–Crippen MR) is 650 cm³/mol. The zero-order chi connectivity index (χ0) is 101. The molecule has 0 atom stereocenters. The van der Waals surface area contributed by atoms with Crippen molar-refractivity contribution < 1.29 is 0 Å². The lowest BCUT2D eigenvalue weighted by atomic mass is 9.89. The molecule has 144 heavy (non-hydrogen) atoms. The van der Waals surface area contributed by atoms with Gasteiger partial charge in [-0.05, 0) is 387 Å². The third-order valence-corrected chi connectivity index (χ3v) is 32.5. The van der Waals surface area contributed by atoms with Crippen molar-refractivity contribution in [2.75, 3.05) is 0 Å². The van der Waals surface area contributed by atoms with Crippen molar-refractivity contribution in [1.29, 1.82) is 0 Å². The number of hydrogen-bond donors (Lipinski definition) is 0. The lowest BCUT2D eigenvalue weighted by molar-refractivity contribution is 0.666. The summed E-state index contributed by atoms with van der Waals surface area (Å²) in [5.74, 6) is 0. The molecule has 768 valence electrons. The summed E-state index contributed by atoms with van der Waals surface area (Å²) in [4.78, 5) is 0. The minimum atomic E-state index is 1.07. The summed E-state index contributed by atoms with van der Waals surface area (Å²) < 4.78 is 0. The highest BCUT2D eigenvalue weighted by Crippen LogP contribution is 2.41. The van der Waals surface area contributed by atoms with Gasteiger partial charge in [-0.2, -0.15) is 0 Å². The van der Waals surface area contributed by atoms with Gasteiger partial charge in [-0.1, -0.05) is 496 Å². The summed E-state index contributed by atoms with van der Waals surface area (Å²) in [6.45, 7) is 28.6. The lowest BCUT2D eigenvalue weighted by Gasteiger charge is -2.15. The molecule has 0 amide bonds. The minimum absolute atomic E-state index is 1.07. The SMILES string of the molecule is CCCCCCc1cc2c(CCCCCC)cc1c1cccc(c1)c1cc(CCCCCC)c(cc1CCCCCC)c1cccc(c1)c1cc(CCCCCC)c(cc1CCCCCC)c1cccc(c1)c1cc(CCCCCC)c(cc1CCCCCC)c1cccc(c1)c1cc(CCCCCC)c(cc1CCCCCC)c1cccc(c1)c1cc(CCCCCC)c(cc1CCCCCC)c1cccc2c1. The Kier molecular flexibility index (Phi) is 48.2. The molecule has 0 saturated heterocycles. The Morgan fingerprint density at radius 3 is 0.257 bits per heavy atom. The molecule has 0 fully saturated rings. The standard InChI is InChI=1S/C144H192/c1-13-25-37-49-67-121-97-134-110-80-62-82-112(92-110)136-101-126(72-54-42-30-18-6)138(102-125(136)71-53-41-29-17-5)114-84-64-86-116(94-114)140-105-130(76-58-46-34-22-10)142(106-129(140)75-57-45-33-21-9)118-88-66-90-120(96-118)144-108-131(77-59-47-35-23-11)143(107-132(144)78-60-48-36-24-12)119-89-65-87-117(95-119)141-104-127(73-55-43-31-19-7)139(103-128(141)74-56-44-32-20-8)115-85-63-83-113(93-115)137-100-123(69-51-39-27-15-3)135(99-124(137)70-52-40-28-16-4)111-81-61-79-109(91-111)133(121)98-122(134)68-50-38-26-14-2/h61-66,79-108H,13-60,67-78H2,1-12H3. The van der Waals surface area contributed by atoms with Gasteiger partial charge in [0.05, 0.1) is 0 Å². The maximum atomic E-state index is 2.74. The molecule has 0 nitrogen and oxygen atoms in total. The molecule has 0 aliphatic rings. The van der Waals surface area contributed by atoms with E-state index in [2.05, 4.69) is 301 Å². The van der Waals surface area contributed by atoms with E-state index in [1.54, 1.807) is 0 Å². The molecule has 0 aliphatic heterocycles. The molecule has 28 rings (SSSR count). The number of rotatable bonds is 60. The summed E-state index contributed by atoms with van der Waals surface area (Å²) in [5.41, 5.74) is 18.1. The Labute approximate surface area is 876 Å². The first-order valence-corrected chi connectivity index (χ1v) is 60.6. The van der Waals surface area contributed by atoms with E-state index in [9.17, 15) is 0 Å². The van der Waals surface area contributed by atoms with E-state index in [-0.39, 0.29) is 0 Å². The second-order valence-electron chi connectivity index (χ2n) is 44.2. The van der Waals surface area contributed by atoms with Gasteiger partial charge < -0.3 is 0 Å². The second kappa shape index (κ2) is 62.1. The van der Waals surface area contributed by atoms with Gasteiger partial charge in [0.25, 0.3) is 0 Å². The Bertz CT molecular complexity index is 5170. The summed E-state index contributed by atoms with van der Waals surface area (Å²) in [5, 5.41) is 33.8. The zero-order valence-corrected chi connectivity index (χ0v) is 93.2. The van der Waals surface area contributed by atoms with Gasteiger partial charge in [0.2, 0.25) is 0 Å². The van der Waals surface area contributed by atoms with Gasteiger partial charge in [0.1, 0.15) is 0 Å². The molecule has 0 heteroatoms. The van der Waals surface area contributed by atoms with Gasteiger partial charge in [-0.15, -0.1) is 0 Å². The largest absolute Gasteiger partial charge is 0.0654 e. The van der Waals surface area contributed by atoms with Gasteiger partial charge in [0.15, 0.2) is 0 Å². The summed E-state index contributed by atoms with van der Waals surface area (Å²) >= 11 is 0. The van der Waals surface area contributed by atoms with Gasteiger partial charge in [0, 0.05) is 0 Å². The Hall–Kier alpha value is -9.36. The first kappa shape index (κ1) is 112. The molecular formula is C144H192. The van der Waals surface area contributed by atoms with Crippen LogP contribution in [0.15, 0.2) is 218 Å². The summed E-state index contributed by atoms with van der Waals surface area (Å²) in [7, 11) is 0. The third kappa shape index (κ3) is 32.3. The fraction of sp³-hybridized carbons (Fsp3) is 0.500. The van der Waals surface area contributed by atoms with Crippen LogP contribution < -0.4 is 0 Å². The van der Waals surface area contributed by atoms with Crippen molar-refractivity contribution in [3.8, 4) is 0 Å². The number of hydrogen-bond acceptors (Lipinski definition) is 0. The smallest absolute Gasteiger partial charge is 0.0149 e. The van der Waals surface area contributed by atoms with E-state index in [4.69, 9.17) is 0 Å². The van der Waals surface area contributed by atoms with E-state index < -0.39 is 0 Å². The molecule has 0 aromatic heterocycles. The van der Waals surface area contributed by atoms with Crippen LogP contribution in [0.4, 0.5) is 0 Å². The molecule has 28 aromatic carbocycles. The van der Waals surface area contributed by atoms with Gasteiger partial charge >= 0.3 is 0 Å². The molecule has 0 N–H and O–H groups in total. The molecule has 0 radical (unpaired) electrons. The quantitative estimate of drug-likeness (QED) is 0.0333. The van der Waals surface area contributed by atoms with Crippen LogP contribution in [0.5, 0.6) is 0 Å². The lowest BCUT2D eigenvalue weighted by Crippen LogP contribution is -1.95. The number of aryl methyl sites for hydroxylation is 12. The van der Waals surface area contributed by atoms with Crippen LogP contribution in [-0.2, 0) is 77.0 Å². The molecular weight excluding hydrogens is 1730 g/mol. The molecule has 0 spiro atoms. The monoisotopic (exact) mass is 1920 g/mol. The summed E-state index contributed by atoms with van der Waals surface area (Å²) in [6, 6.07) is 93.4. The Balaban J connectivity index is 1.21. The van der Waals surface area contributed by atoms with E-state index in [0.29, 0.717) is 0 Å². The van der Waals surface area contributed by atoms with Crippen LogP contribution in [0.25, 0.3) is 129 Å². The van der Waals surface area contributed by atoms with E-state index in [1.165, 1.54) is 504 Å². The topological polar surface area (TPSA) is 0 Å². The fourth-order valence-corrected chi connectivity index (χ4v) is 23.9. The van der Waals surface area contributed by atoms with Gasteiger partial charge in [-0.3, -0.25) is 0 Å². The van der Waals surface area contributed by atoms with Crippen molar-refractivity contribution in [1.82, 2.24) is 0 Å². The number of benzene rings is 12.